The summed E-state index contributed by atoms with van der Waals surface area (Å²) in [6.45, 7) is -0.0965. The van der Waals surface area contributed by atoms with Crippen LogP contribution in [0, 0.1) is 0 Å². The van der Waals surface area contributed by atoms with Crippen molar-refractivity contribution in [2.45, 2.75) is 25.0 Å². The quantitative estimate of drug-likeness (QED) is 0.456. The van der Waals surface area contributed by atoms with Gasteiger partial charge < -0.3 is 14.9 Å². The fraction of sp³-hybridized carbons (Fsp3) is 0.455. The van der Waals surface area contributed by atoms with Gasteiger partial charge in [0.15, 0.2) is 0 Å². The van der Waals surface area contributed by atoms with Crippen molar-refractivity contribution >= 4 is 15.9 Å². The highest BCUT2D eigenvalue weighted by Gasteiger charge is 2.33. The lowest BCUT2D eigenvalue weighted by Crippen LogP contribution is -2.23. The predicted octanol–water partition coefficient (Wildman–Crippen LogP) is 3.44. The van der Waals surface area contributed by atoms with E-state index in [0.29, 0.717) is 4.47 Å². The topological polar surface area (TPSA) is 98.5 Å². The first-order valence-corrected chi connectivity index (χ1v) is 6.46. The largest absolute Gasteiger partial charge is 0.573 e. The number of benzene rings is 1. The average molecular weight is 370 g/mol. The van der Waals surface area contributed by atoms with Gasteiger partial charge in [-0.15, -0.1) is 13.2 Å². The van der Waals surface area contributed by atoms with Crippen LogP contribution in [0.5, 0.6) is 5.75 Å². The van der Waals surface area contributed by atoms with Gasteiger partial charge in [-0.05, 0) is 24.1 Å². The van der Waals surface area contributed by atoms with Gasteiger partial charge in [0.2, 0.25) is 0 Å². The molecule has 0 aromatic heterocycles. The van der Waals surface area contributed by atoms with Crippen LogP contribution >= 0.6 is 15.9 Å². The van der Waals surface area contributed by atoms with E-state index in [1.807, 2.05) is 0 Å². The van der Waals surface area contributed by atoms with Gasteiger partial charge in [-0.3, -0.25) is 0 Å². The molecule has 21 heavy (non-hydrogen) atoms. The molecule has 0 aliphatic heterocycles. The Kier molecular flexibility index (Phi) is 6.28. The molecule has 2 atom stereocenters. The normalized spacial score (nSPS) is 14.2. The standard InChI is InChI=1S/C11H11BrF3N3O3/c12-6-1-2-7(9(5-6)21-11(13,14)15)10(20)8(19)3-4-17-18-16/h1-2,5,8,10,19-20H,3-4H2. The number of ether oxygens (including phenoxy) is 1. The van der Waals surface area contributed by atoms with Gasteiger partial charge in [0.05, 0.1) is 6.10 Å². The molecular formula is C11H11BrF3N3O3. The summed E-state index contributed by atoms with van der Waals surface area (Å²) in [5.41, 5.74) is 7.88. The van der Waals surface area contributed by atoms with Gasteiger partial charge in [-0.2, -0.15) is 0 Å². The molecule has 1 aromatic rings. The Hall–Kier alpha value is -1.48. The zero-order valence-electron chi connectivity index (χ0n) is 10.5. The van der Waals surface area contributed by atoms with Crippen molar-refractivity contribution in [3.8, 4) is 5.75 Å². The molecule has 6 nitrogen and oxygen atoms in total. The van der Waals surface area contributed by atoms with Gasteiger partial charge in [0.25, 0.3) is 0 Å². The SMILES string of the molecule is [N-]=[N+]=NCCC(O)C(O)c1ccc(Br)cc1OC(F)(F)F. The molecule has 2 unspecified atom stereocenters. The Morgan fingerprint density at radius 3 is 2.62 bits per heavy atom. The molecule has 1 aromatic carbocycles. The molecule has 0 amide bonds. The molecule has 0 aliphatic carbocycles. The third-order valence-corrected chi connectivity index (χ3v) is 2.97. The number of aliphatic hydroxyl groups excluding tert-OH is 2. The Morgan fingerprint density at radius 1 is 1.38 bits per heavy atom. The Bertz CT molecular complexity index is 535. The van der Waals surface area contributed by atoms with Crippen molar-refractivity contribution in [1.29, 1.82) is 0 Å². The van der Waals surface area contributed by atoms with Crippen molar-refractivity contribution in [2.75, 3.05) is 6.54 Å². The zero-order valence-corrected chi connectivity index (χ0v) is 12.0. The number of hydrogen-bond acceptors (Lipinski definition) is 4. The van der Waals surface area contributed by atoms with E-state index in [2.05, 4.69) is 30.7 Å². The van der Waals surface area contributed by atoms with E-state index in [1.165, 1.54) is 12.1 Å². The van der Waals surface area contributed by atoms with Crippen molar-refractivity contribution in [3.63, 3.8) is 0 Å². The number of aliphatic hydroxyl groups is 2. The van der Waals surface area contributed by atoms with E-state index in [9.17, 15) is 23.4 Å². The van der Waals surface area contributed by atoms with Gasteiger partial charge in [-0.1, -0.05) is 27.1 Å². The minimum Gasteiger partial charge on any atom is -0.405 e. The number of rotatable bonds is 6. The molecule has 116 valence electrons. The van der Waals surface area contributed by atoms with Crippen molar-refractivity contribution in [1.82, 2.24) is 0 Å². The lowest BCUT2D eigenvalue weighted by molar-refractivity contribution is -0.275. The van der Waals surface area contributed by atoms with Crippen LogP contribution in [0.2, 0.25) is 0 Å². The molecule has 2 N–H and O–H groups in total. The lowest BCUT2D eigenvalue weighted by Gasteiger charge is -2.21. The molecule has 0 spiro atoms. The third-order valence-electron chi connectivity index (χ3n) is 2.47. The predicted molar refractivity (Wildman–Crippen MR) is 70.4 cm³/mol. The minimum atomic E-state index is -4.93. The van der Waals surface area contributed by atoms with E-state index in [1.54, 1.807) is 0 Å². The van der Waals surface area contributed by atoms with Gasteiger partial charge in [0.1, 0.15) is 11.9 Å². The van der Waals surface area contributed by atoms with Gasteiger partial charge >= 0.3 is 6.36 Å². The molecule has 10 heteroatoms. The third kappa shape index (κ3) is 5.80. The summed E-state index contributed by atoms with van der Waals surface area (Å²) in [5.74, 6) is -0.618. The molecule has 0 saturated heterocycles. The molecule has 0 bridgehead atoms. The summed E-state index contributed by atoms with van der Waals surface area (Å²) < 4.78 is 41.1. The van der Waals surface area contributed by atoms with Crippen LogP contribution in [0.15, 0.2) is 27.8 Å². The van der Waals surface area contributed by atoms with E-state index >= 15 is 0 Å². The average Bonchev–Trinajstić information content (AvgIpc) is 2.36. The second kappa shape index (κ2) is 7.51. The number of nitrogens with zero attached hydrogens (tertiary/aromatic N) is 3. The maximum atomic E-state index is 12.3. The van der Waals surface area contributed by atoms with Crippen molar-refractivity contribution in [3.05, 3.63) is 38.7 Å². The molecule has 1 rings (SSSR count). The van der Waals surface area contributed by atoms with Crippen molar-refractivity contribution < 1.29 is 28.1 Å². The molecule has 0 heterocycles. The van der Waals surface area contributed by atoms with Crippen LogP contribution in [0.3, 0.4) is 0 Å². The van der Waals surface area contributed by atoms with Crippen LogP contribution < -0.4 is 4.74 Å². The van der Waals surface area contributed by atoms with Crippen molar-refractivity contribution in [2.24, 2.45) is 5.11 Å². The lowest BCUT2D eigenvalue weighted by atomic mass is 10.0. The van der Waals surface area contributed by atoms with E-state index in [4.69, 9.17) is 5.53 Å². The van der Waals surface area contributed by atoms with Crippen LogP contribution in [-0.2, 0) is 0 Å². The van der Waals surface area contributed by atoms with Crippen LogP contribution in [0.1, 0.15) is 18.1 Å². The monoisotopic (exact) mass is 369 g/mol. The molecular weight excluding hydrogens is 359 g/mol. The fourth-order valence-corrected chi connectivity index (χ4v) is 1.91. The van der Waals surface area contributed by atoms with E-state index in [0.717, 1.165) is 6.07 Å². The molecule has 0 radical (unpaired) electrons. The highest BCUT2D eigenvalue weighted by molar-refractivity contribution is 9.10. The van der Waals surface area contributed by atoms with Gasteiger partial charge in [0, 0.05) is 21.5 Å². The Morgan fingerprint density at radius 2 is 2.05 bits per heavy atom. The number of halogens is 4. The number of azide groups is 1. The summed E-state index contributed by atoms with van der Waals surface area (Å²) in [6, 6.07) is 3.64. The molecule has 0 saturated carbocycles. The Labute approximate surface area is 125 Å². The molecule has 0 fully saturated rings. The first-order chi connectivity index (χ1) is 9.74. The molecule has 0 aliphatic rings. The highest BCUT2D eigenvalue weighted by Crippen LogP contribution is 2.34. The summed E-state index contributed by atoms with van der Waals surface area (Å²) in [7, 11) is 0. The van der Waals surface area contributed by atoms with Gasteiger partial charge in [-0.25, -0.2) is 0 Å². The first-order valence-electron chi connectivity index (χ1n) is 5.67. The van der Waals surface area contributed by atoms with Crippen LogP contribution in [0.4, 0.5) is 13.2 Å². The smallest absolute Gasteiger partial charge is 0.405 e. The fourth-order valence-electron chi connectivity index (χ4n) is 1.57. The summed E-state index contributed by atoms with van der Waals surface area (Å²) in [5, 5.41) is 22.8. The van der Waals surface area contributed by atoms with E-state index < -0.39 is 24.3 Å². The second-order valence-electron chi connectivity index (χ2n) is 3.99. The Balaban J connectivity index is 2.97. The zero-order chi connectivity index (χ0) is 16.0. The summed E-state index contributed by atoms with van der Waals surface area (Å²) >= 11 is 2.99. The first kappa shape index (κ1) is 17.6. The minimum absolute atomic E-state index is 0.0965. The number of hydrogen-bond donors (Lipinski definition) is 2. The van der Waals surface area contributed by atoms with E-state index in [-0.39, 0.29) is 18.5 Å². The summed E-state index contributed by atoms with van der Waals surface area (Å²) in [4.78, 5) is 2.47. The second-order valence-corrected chi connectivity index (χ2v) is 4.90. The van der Waals surface area contributed by atoms with Crippen LogP contribution in [0.25, 0.3) is 10.4 Å². The maximum absolute atomic E-state index is 12.3. The van der Waals surface area contributed by atoms with Crippen LogP contribution in [-0.4, -0.2) is 29.2 Å². The maximum Gasteiger partial charge on any atom is 0.573 e. The number of alkyl halides is 3. The summed E-state index contributed by atoms with van der Waals surface area (Å²) in [6.07, 6.45) is -8.03. The highest BCUT2D eigenvalue weighted by atomic mass is 79.9.